The van der Waals surface area contributed by atoms with Gasteiger partial charge in [0.25, 0.3) is 0 Å². The van der Waals surface area contributed by atoms with Crippen LogP contribution >= 0.6 is 0 Å². The van der Waals surface area contributed by atoms with Gasteiger partial charge in [-0.3, -0.25) is 0 Å². The molecule has 0 radical (unpaired) electrons. The third kappa shape index (κ3) is 5.06. The molecule has 0 N–H and O–H groups in total. The van der Waals surface area contributed by atoms with Crippen molar-refractivity contribution in [1.82, 2.24) is 0 Å². The molecule has 0 spiro atoms. The van der Waals surface area contributed by atoms with E-state index >= 15 is 26.3 Å². The second kappa shape index (κ2) is 12.4. The van der Waals surface area contributed by atoms with E-state index < -0.39 is 143 Å². The monoisotopic (exact) mass is 714 g/mol. The van der Waals surface area contributed by atoms with Gasteiger partial charge in [0.2, 0.25) is 0 Å². The maximum absolute atomic E-state index is 15.1. The van der Waals surface area contributed by atoms with E-state index in [9.17, 15) is 55.3 Å². The first kappa shape index (κ1) is 36.2. The fourth-order valence-corrected chi connectivity index (χ4v) is 4.68. The molecule has 0 heterocycles. The van der Waals surface area contributed by atoms with Crippen LogP contribution in [-0.2, 0) is 6.18 Å². The lowest BCUT2D eigenvalue weighted by Gasteiger charge is -2.13. The number of rotatable bonds is 3. The molecular formula is C31HF15N4. The highest BCUT2D eigenvalue weighted by molar-refractivity contribution is 6.12. The first-order valence-electron chi connectivity index (χ1n) is 12.3. The van der Waals surface area contributed by atoms with Crippen LogP contribution in [0.25, 0.3) is 16.7 Å². The molecule has 1 aliphatic rings. The van der Waals surface area contributed by atoms with E-state index in [0.717, 1.165) is 24.3 Å². The topological polar surface area (TPSA) is 95.2 Å². The summed E-state index contributed by atoms with van der Waals surface area (Å²) in [6.07, 6.45) is -1.35. The van der Waals surface area contributed by atoms with Crippen LogP contribution in [0.5, 0.6) is 0 Å². The van der Waals surface area contributed by atoms with Crippen LogP contribution in [0.3, 0.4) is 0 Å². The molecule has 3 aromatic rings. The minimum absolute atomic E-state index is 0.723. The Morgan fingerprint density at radius 1 is 0.420 bits per heavy atom. The number of nitrogens with zero attached hydrogens (tertiary/aromatic N) is 4. The third-order valence-electron chi connectivity index (χ3n) is 6.85. The molecule has 0 saturated heterocycles. The van der Waals surface area contributed by atoms with Crippen molar-refractivity contribution in [1.29, 1.82) is 21.0 Å². The predicted molar refractivity (Wildman–Crippen MR) is 134 cm³/mol. The van der Waals surface area contributed by atoms with Crippen LogP contribution in [0.1, 0.15) is 33.4 Å². The average Bonchev–Trinajstić information content (AvgIpc) is 3.77. The maximum atomic E-state index is 15.1. The van der Waals surface area contributed by atoms with Gasteiger partial charge in [0.1, 0.15) is 41.0 Å². The number of hydrogen-bond acceptors (Lipinski definition) is 4. The average molecular weight is 714 g/mol. The predicted octanol–water partition coefficient (Wildman–Crippen LogP) is 8.47. The minimum Gasteiger partial charge on any atom is -0.203 e. The lowest BCUT2D eigenvalue weighted by Crippen LogP contribution is -2.17. The zero-order valence-corrected chi connectivity index (χ0v) is 23.0. The van der Waals surface area contributed by atoms with E-state index in [1.165, 1.54) is 5.92 Å². The number of halogens is 15. The number of allylic oxidation sites excluding steroid dienone is 6. The van der Waals surface area contributed by atoms with Crippen molar-refractivity contribution in [3.63, 3.8) is 0 Å². The fourth-order valence-electron chi connectivity index (χ4n) is 4.68. The smallest absolute Gasteiger partial charge is 0.203 e. The third-order valence-corrected chi connectivity index (χ3v) is 6.85. The van der Waals surface area contributed by atoms with Crippen LogP contribution in [-0.4, -0.2) is 0 Å². The SMILES string of the molecule is C#Cc1c(F)c(F)c(C(C#N)=C2C(=C(C#N)c3c(F)c(F)c(C#N)c(F)c3F)C2=C(C#N)c2c(F)c(F)c(C(F)(F)F)c(F)c2F)c(F)c1F. The molecule has 50 heavy (non-hydrogen) atoms. The van der Waals surface area contributed by atoms with Crippen LogP contribution in [0.15, 0.2) is 16.7 Å². The normalized spacial score (nSPS) is 15.3. The molecule has 1 saturated carbocycles. The number of nitriles is 4. The highest BCUT2D eigenvalue weighted by Crippen LogP contribution is 2.57. The largest absolute Gasteiger partial charge is 0.422 e. The van der Waals surface area contributed by atoms with Gasteiger partial charge in [0, 0.05) is 16.7 Å². The molecule has 0 unspecified atom stereocenters. The summed E-state index contributed by atoms with van der Waals surface area (Å²) in [5.41, 5.74) is -24.1. The van der Waals surface area contributed by atoms with Gasteiger partial charge in [-0.2, -0.15) is 34.2 Å². The van der Waals surface area contributed by atoms with Gasteiger partial charge in [0.05, 0.1) is 33.4 Å². The van der Waals surface area contributed by atoms with Crippen molar-refractivity contribution in [2.75, 3.05) is 0 Å². The molecule has 1 aliphatic carbocycles. The van der Waals surface area contributed by atoms with Crippen molar-refractivity contribution in [2.45, 2.75) is 6.18 Å². The molecule has 4 nitrogen and oxygen atoms in total. The molecule has 19 heteroatoms. The van der Waals surface area contributed by atoms with Crippen molar-refractivity contribution in [2.24, 2.45) is 0 Å². The highest BCUT2D eigenvalue weighted by atomic mass is 19.4. The van der Waals surface area contributed by atoms with Crippen LogP contribution in [0.2, 0.25) is 0 Å². The Bertz CT molecular complexity index is 2230. The zero-order chi connectivity index (χ0) is 37.9. The Morgan fingerprint density at radius 2 is 0.680 bits per heavy atom. The van der Waals surface area contributed by atoms with Crippen molar-refractivity contribution in [3.8, 4) is 36.6 Å². The molecule has 0 amide bonds. The van der Waals surface area contributed by atoms with E-state index in [-0.39, 0.29) is 0 Å². The van der Waals surface area contributed by atoms with Gasteiger partial charge in [-0.05, 0) is 0 Å². The Kier molecular flexibility index (Phi) is 8.99. The van der Waals surface area contributed by atoms with Crippen molar-refractivity contribution in [3.05, 3.63) is 120 Å². The number of hydrogen-bond donors (Lipinski definition) is 0. The van der Waals surface area contributed by atoms with Gasteiger partial charge in [-0.15, -0.1) is 6.42 Å². The second-order valence-electron chi connectivity index (χ2n) is 9.36. The molecule has 250 valence electrons. The molecule has 3 aromatic carbocycles. The van der Waals surface area contributed by atoms with Crippen LogP contribution < -0.4 is 0 Å². The van der Waals surface area contributed by atoms with E-state index in [0.29, 0.717) is 0 Å². The Balaban J connectivity index is 2.38. The minimum atomic E-state index is -6.14. The van der Waals surface area contributed by atoms with E-state index in [2.05, 4.69) is 0 Å². The highest BCUT2D eigenvalue weighted by Gasteiger charge is 2.48. The summed E-state index contributed by atoms with van der Waals surface area (Å²) >= 11 is 0. The van der Waals surface area contributed by atoms with Gasteiger partial charge < -0.3 is 0 Å². The fraction of sp³-hybridized carbons (Fsp3) is 0.0323. The summed E-state index contributed by atoms with van der Waals surface area (Å²) in [6, 6.07) is 3.28. The molecule has 4 rings (SSSR count). The molecule has 0 aliphatic heterocycles. The number of benzene rings is 3. The Hall–Kier alpha value is -6.65. The van der Waals surface area contributed by atoms with E-state index in [1.54, 1.807) is 0 Å². The lowest BCUT2D eigenvalue weighted by molar-refractivity contribution is -0.143. The summed E-state index contributed by atoms with van der Waals surface area (Å²) in [4.78, 5) is 0. The number of alkyl halides is 3. The summed E-state index contributed by atoms with van der Waals surface area (Å²) in [6.45, 7) is 0. The molecule has 0 aromatic heterocycles. The molecule has 0 bridgehead atoms. The summed E-state index contributed by atoms with van der Waals surface area (Å²) in [5.74, 6) is -31.4. The van der Waals surface area contributed by atoms with E-state index in [1.807, 2.05) is 0 Å². The summed E-state index contributed by atoms with van der Waals surface area (Å²) in [7, 11) is 0. The molecule has 0 atom stereocenters. The molecular weight excluding hydrogens is 713 g/mol. The quantitative estimate of drug-likeness (QED) is 0.118. The van der Waals surface area contributed by atoms with Gasteiger partial charge in [0.15, 0.2) is 69.8 Å². The summed E-state index contributed by atoms with van der Waals surface area (Å²) in [5, 5.41) is 38.1. The van der Waals surface area contributed by atoms with Crippen LogP contribution in [0.4, 0.5) is 65.9 Å². The zero-order valence-electron chi connectivity index (χ0n) is 23.0. The van der Waals surface area contributed by atoms with Crippen molar-refractivity contribution < 1.29 is 65.9 Å². The first-order chi connectivity index (χ1) is 23.3. The maximum Gasteiger partial charge on any atom is 0.422 e. The van der Waals surface area contributed by atoms with Crippen molar-refractivity contribution >= 4 is 16.7 Å². The lowest BCUT2D eigenvalue weighted by atomic mass is 9.98. The Labute approximate surface area is 266 Å². The number of terminal acetylenes is 1. The molecule has 1 fully saturated rings. The van der Waals surface area contributed by atoms with Crippen LogP contribution in [0, 0.1) is 127 Å². The summed E-state index contributed by atoms with van der Waals surface area (Å²) < 4.78 is 217. The van der Waals surface area contributed by atoms with Gasteiger partial charge >= 0.3 is 6.18 Å². The van der Waals surface area contributed by atoms with Gasteiger partial charge in [-0.25, -0.2) is 52.7 Å². The standard InChI is InChI=1S/C31HF15N4/c1-2-7-19(32)23(36)15(24(37)20(7)33)8(3-47)12-13(9(4-48)16-25(38)21(34)11(6-50)22(35)26(16)39)14(12)10(5-49)17-27(40)29(42)18(31(44,45)46)30(43)28(17)41/h1H. The Morgan fingerprint density at radius 3 is 0.900 bits per heavy atom. The first-order valence-corrected chi connectivity index (χ1v) is 12.3. The van der Waals surface area contributed by atoms with E-state index in [4.69, 9.17) is 11.7 Å². The second-order valence-corrected chi connectivity index (χ2v) is 9.36. The van der Waals surface area contributed by atoms with Gasteiger partial charge in [-0.1, -0.05) is 5.92 Å².